The highest BCUT2D eigenvalue weighted by molar-refractivity contribution is 5.93. The highest BCUT2D eigenvalue weighted by Crippen LogP contribution is 2.36. The van der Waals surface area contributed by atoms with Gasteiger partial charge in [0.2, 0.25) is 5.91 Å². The summed E-state index contributed by atoms with van der Waals surface area (Å²) in [5, 5.41) is 23.1. The number of nitro groups is 1. The Kier molecular flexibility index (Phi) is 6.41. The summed E-state index contributed by atoms with van der Waals surface area (Å²) in [6.07, 6.45) is -4.67. The second-order valence-corrected chi connectivity index (χ2v) is 6.93. The molecule has 1 fully saturated rings. The van der Waals surface area contributed by atoms with E-state index in [1.54, 1.807) is 29.2 Å². The Morgan fingerprint density at radius 3 is 2.45 bits per heavy atom. The van der Waals surface area contributed by atoms with Crippen LogP contribution in [-0.4, -0.2) is 48.5 Å². The van der Waals surface area contributed by atoms with Crippen molar-refractivity contribution in [3.63, 3.8) is 0 Å². The monoisotopic (exact) mass is 433 g/mol. The van der Waals surface area contributed by atoms with Gasteiger partial charge in [0, 0.05) is 32.2 Å². The van der Waals surface area contributed by atoms with E-state index in [1.165, 1.54) is 0 Å². The zero-order valence-corrected chi connectivity index (χ0v) is 16.2. The van der Waals surface area contributed by atoms with Gasteiger partial charge < -0.3 is 10.2 Å². The van der Waals surface area contributed by atoms with E-state index in [-0.39, 0.29) is 18.1 Å². The molecule has 162 valence electrons. The quantitative estimate of drug-likeness (QED) is 0.574. The molecule has 1 aliphatic heterocycles. The lowest BCUT2D eigenvalue weighted by molar-refractivity contribution is -0.384. The maximum Gasteiger partial charge on any atom is 0.416 e. The number of piperazine rings is 1. The molecule has 2 aromatic rings. The average Bonchev–Trinajstić information content (AvgIpc) is 2.73. The fraction of sp³-hybridized carbons (Fsp3) is 0.300. The number of anilines is 2. The number of rotatable bonds is 5. The van der Waals surface area contributed by atoms with Crippen LogP contribution in [0.15, 0.2) is 42.5 Å². The van der Waals surface area contributed by atoms with Crippen LogP contribution in [-0.2, 0) is 11.0 Å². The van der Waals surface area contributed by atoms with Crippen molar-refractivity contribution in [2.24, 2.45) is 0 Å². The third kappa shape index (κ3) is 5.29. The molecule has 0 aromatic heterocycles. The van der Waals surface area contributed by atoms with Gasteiger partial charge in [0.1, 0.15) is 11.8 Å². The van der Waals surface area contributed by atoms with Crippen LogP contribution >= 0.6 is 0 Å². The van der Waals surface area contributed by atoms with Gasteiger partial charge >= 0.3 is 6.18 Å². The lowest BCUT2D eigenvalue weighted by Gasteiger charge is -2.35. The number of carbonyl (C=O) groups is 1. The molecule has 0 aliphatic carbocycles. The number of para-hydroxylation sites is 1. The van der Waals surface area contributed by atoms with Gasteiger partial charge in [-0.1, -0.05) is 12.1 Å². The molecule has 8 nitrogen and oxygen atoms in total. The first-order chi connectivity index (χ1) is 14.7. The highest BCUT2D eigenvalue weighted by Gasteiger charge is 2.34. The molecule has 11 heteroatoms. The zero-order valence-electron chi connectivity index (χ0n) is 16.2. The van der Waals surface area contributed by atoms with E-state index in [0.717, 1.165) is 12.1 Å². The van der Waals surface area contributed by atoms with E-state index >= 15 is 0 Å². The molecule has 1 aliphatic rings. The fourth-order valence-electron chi connectivity index (χ4n) is 3.34. The van der Waals surface area contributed by atoms with Gasteiger partial charge in [-0.05, 0) is 24.3 Å². The largest absolute Gasteiger partial charge is 0.416 e. The third-order valence-corrected chi connectivity index (χ3v) is 4.90. The number of halogens is 3. The van der Waals surface area contributed by atoms with Gasteiger partial charge in [0.25, 0.3) is 5.69 Å². The minimum Gasteiger partial charge on any atom is -0.363 e. The summed E-state index contributed by atoms with van der Waals surface area (Å²) in [6, 6.07) is 11.1. The van der Waals surface area contributed by atoms with Gasteiger partial charge in [-0.2, -0.15) is 18.4 Å². The Morgan fingerprint density at radius 1 is 1.16 bits per heavy atom. The summed E-state index contributed by atoms with van der Waals surface area (Å²) in [5.74, 6) is -0.309. The van der Waals surface area contributed by atoms with E-state index in [0.29, 0.717) is 43.5 Å². The van der Waals surface area contributed by atoms with E-state index in [9.17, 15) is 28.1 Å². The Labute approximate surface area is 175 Å². The second-order valence-electron chi connectivity index (χ2n) is 6.93. The van der Waals surface area contributed by atoms with Crippen molar-refractivity contribution in [3.05, 3.63) is 63.7 Å². The summed E-state index contributed by atoms with van der Waals surface area (Å²) < 4.78 is 38.7. The summed E-state index contributed by atoms with van der Waals surface area (Å²) >= 11 is 0. The van der Waals surface area contributed by atoms with Gasteiger partial charge in [-0.15, -0.1) is 0 Å². The van der Waals surface area contributed by atoms with Crippen molar-refractivity contribution in [1.82, 2.24) is 4.90 Å². The summed E-state index contributed by atoms with van der Waals surface area (Å²) in [4.78, 5) is 26.3. The molecule has 0 spiro atoms. The topological polar surface area (TPSA) is 103 Å². The molecule has 0 bridgehead atoms. The minimum atomic E-state index is -4.67. The van der Waals surface area contributed by atoms with Crippen molar-refractivity contribution in [2.45, 2.75) is 6.18 Å². The number of benzene rings is 2. The second kappa shape index (κ2) is 9.01. The van der Waals surface area contributed by atoms with Crippen LogP contribution in [0, 0.1) is 21.4 Å². The Morgan fingerprint density at radius 2 is 1.84 bits per heavy atom. The summed E-state index contributed by atoms with van der Waals surface area (Å²) in [5.41, 5.74) is -0.806. The first-order valence-electron chi connectivity index (χ1n) is 9.31. The van der Waals surface area contributed by atoms with E-state index < -0.39 is 22.4 Å². The zero-order chi connectivity index (χ0) is 22.6. The number of nitrogens with one attached hydrogen (secondary N) is 1. The van der Waals surface area contributed by atoms with Gasteiger partial charge in [-0.25, -0.2) is 0 Å². The minimum absolute atomic E-state index is 0.0582. The molecule has 31 heavy (non-hydrogen) atoms. The number of nitriles is 1. The number of nitrogens with zero attached hydrogens (tertiary/aromatic N) is 4. The van der Waals surface area contributed by atoms with Gasteiger partial charge in [0.15, 0.2) is 0 Å². The van der Waals surface area contributed by atoms with Crippen LogP contribution < -0.4 is 10.2 Å². The summed E-state index contributed by atoms with van der Waals surface area (Å²) in [7, 11) is 0. The predicted molar refractivity (Wildman–Crippen MR) is 107 cm³/mol. The number of nitro benzene ring substituents is 1. The molecule has 1 amide bonds. The van der Waals surface area contributed by atoms with Crippen molar-refractivity contribution >= 4 is 23.0 Å². The van der Waals surface area contributed by atoms with Crippen LogP contribution in [0.5, 0.6) is 0 Å². The number of amides is 1. The van der Waals surface area contributed by atoms with Crippen molar-refractivity contribution in [2.75, 3.05) is 42.9 Å². The predicted octanol–water partition coefficient (Wildman–Crippen LogP) is 3.25. The van der Waals surface area contributed by atoms with Crippen molar-refractivity contribution in [3.8, 4) is 6.07 Å². The van der Waals surface area contributed by atoms with E-state index in [1.807, 2.05) is 11.0 Å². The Balaban J connectivity index is 1.62. The van der Waals surface area contributed by atoms with E-state index in [4.69, 9.17) is 5.26 Å². The fourth-order valence-corrected chi connectivity index (χ4v) is 3.34. The average molecular weight is 433 g/mol. The van der Waals surface area contributed by atoms with Crippen LogP contribution in [0.3, 0.4) is 0 Å². The lowest BCUT2D eigenvalue weighted by Crippen LogP contribution is -2.48. The normalized spacial score (nSPS) is 14.7. The first-order valence-corrected chi connectivity index (χ1v) is 9.31. The van der Waals surface area contributed by atoms with Crippen LogP contribution in [0.25, 0.3) is 0 Å². The van der Waals surface area contributed by atoms with E-state index in [2.05, 4.69) is 5.32 Å². The van der Waals surface area contributed by atoms with Crippen molar-refractivity contribution in [1.29, 1.82) is 5.26 Å². The highest BCUT2D eigenvalue weighted by atomic mass is 19.4. The molecule has 1 heterocycles. The van der Waals surface area contributed by atoms with Gasteiger partial charge in [0.05, 0.1) is 28.3 Å². The smallest absolute Gasteiger partial charge is 0.363 e. The van der Waals surface area contributed by atoms with Gasteiger partial charge in [-0.3, -0.25) is 19.8 Å². The third-order valence-electron chi connectivity index (χ3n) is 4.90. The standard InChI is InChI=1S/C20H18F3N5O3/c21-20(22,23)15-5-6-17(18(11-15)28(30)31)27-9-7-26(8-10-27)13-19(29)25-16-4-2-1-3-14(16)12-24/h1-6,11H,7-10,13H2,(H,25,29). The number of alkyl halides is 3. The molecular formula is C20H18F3N5O3. The molecule has 0 unspecified atom stereocenters. The number of hydrogen-bond donors (Lipinski definition) is 1. The summed E-state index contributed by atoms with van der Waals surface area (Å²) in [6.45, 7) is 1.47. The molecule has 3 rings (SSSR count). The lowest BCUT2D eigenvalue weighted by atomic mass is 10.1. The molecular weight excluding hydrogens is 415 g/mol. The number of carbonyl (C=O) groups excluding carboxylic acids is 1. The van der Waals surface area contributed by atoms with Crippen LogP contribution in [0.1, 0.15) is 11.1 Å². The Hall–Kier alpha value is -3.65. The van der Waals surface area contributed by atoms with Crippen LogP contribution in [0.4, 0.5) is 30.2 Å². The molecule has 1 N–H and O–H groups in total. The van der Waals surface area contributed by atoms with Crippen molar-refractivity contribution < 1.29 is 22.9 Å². The molecule has 1 saturated heterocycles. The molecule has 0 atom stereocenters. The Bertz CT molecular complexity index is 1030. The SMILES string of the molecule is N#Cc1ccccc1NC(=O)CN1CCN(c2ccc(C(F)(F)F)cc2[N+](=O)[O-])CC1. The molecule has 0 radical (unpaired) electrons. The number of hydrogen-bond acceptors (Lipinski definition) is 6. The first kappa shape index (κ1) is 22.0. The molecule has 0 saturated carbocycles. The maximum atomic E-state index is 12.9. The van der Waals surface area contributed by atoms with Crippen LogP contribution in [0.2, 0.25) is 0 Å². The molecule has 2 aromatic carbocycles. The maximum absolute atomic E-state index is 12.9.